The number of hydrogen-bond donors (Lipinski definition) is 2. The Bertz CT molecular complexity index is 535. The van der Waals surface area contributed by atoms with E-state index < -0.39 is 0 Å². The Labute approximate surface area is 114 Å². The third-order valence-corrected chi connectivity index (χ3v) is 3.65. The molecule has 3 heteroatoms. The summed E-state index contributed by atoms with van der Waals surface area (Å²) in [5.74, 6) is 1.60. The Hall–Kier alpha value is -1.61. The zero-order chi connectivity index (χ0) is 13.2. The van der Waals surface area contributed by atoms with Crippen molar-refractivity contribution in [3.8, 4) is 11.3 Å². The van der Waals surface area contributed by atoms with Crippen LogP contribution in [0.3, 0.4) is 0 Å². The van der Waals surface area contributed by atoms with Gasteiger partial charge in [0, 0.05) is 6.04 Å². The smallest absolute Gasteiger partial charge is 0.120 e. The summed E-state index contributed by atoms with van der Waals surface area (Å²) in [7, 11) is 0. The Balaban J connectivity index is 1.70. The van der Waals surface area contributed by atoms with Gasteiger partial charge in [-0.15, -0.1) is 0 Å². The summed E-state index contributed by atoms with van der Waals surface area (Å²) in [6, 6.07) is 9.45. The Morgan fingerprint density at radius 1 is 1.26 bits per heavy atom. The van der Waals surface area contributed by atoms with Crippen LogP contribution in [0.5, 0.6) is 0 Å². The average Bonchev–Trinajstić information content (AvgIpc) is 3.13. The first-order chi connectivity index (χ1) is 9.22. The molecule has 0 saturated heterocycles. The summed E-state index contributed by atoms with van der Waals surface area (Å²) < 4.78 is 0. The number of benzene rings is 1. The minimum absolute atomic E-state index is 0.578. The van der Waals surface area contributed by atoms with E-state index in [9.17, 15) is 0 Å². The molecule has 1 heterocycles. The second kappa shape index (κ2) is 5.17. The van der Waals surface area contributed by atoms with Crippen molar-refractivity contribution in [2.24, 2.45) is 0 Å². The molecule has 1 saturated carbocycles. The van der Waals surface area contributed by atoms with E-state index in [4.69, 9.17) is 0 Å². The van der Waals surface area contributed by atoms with E-state index in [0.717, 1.165) is 24.1 Å². The van der Waals surface area contributed by atoms with Gasteiger partial charge < -0.3 is 10.3 Å². The summed E-state index contributed by atoms with van der Waals surface area (Å²) >= 11 is 0. The Morgan fingerprint density at radius 2 is 2.00 bits per heavy atom. The maximum atomic E-state index is 4.43. The normalized spacial score (nSPS) is 15.1. The van der Waals surface area contributed by atoms with E-state index >= 15 is 0 Å². The highest BCUT2D eigenvalue weighted by Gasteiger charge is 2.20. The predicted molar refractivity (Wildman–Crippen MR) is 78.0 cm³/mol. The van der Waals surface area contributed by atoms with Crippen molar-refractivity contribution >= 4 is 0 Å². The first-order valence-corrected chi connectivity index (χ1v) is 7.10. The summed E-state index contributed by atoms with van der Waals surface area (Å²) in [6.45, 7) is 5.27. The minimum Gasteiger partial charge on any atom is -0.341 e. The van der Waals surface area contributed by atoms with Crippen molar-refractivity contribution in [2.45, 2.75) is 45.2 Å². The molecule has 0 aliphatic heterocycles. The quantitative estimate of drug-likeness (QED) is 0.859. The highest BCUT2D eigenvalue weighted by molar-refractivity contribution is 5.58. The zero-order valence-corrected chi connectivity index (χ0v) is 11.6. The molecule has 0 amide bonds. The third kappa shape index (κ3) is 3.04. The molecule has 100 valence electrons. The van der Waals surface area contributed by atoms with Crippen LogP contribution in [0.15, 0.2) is 30.5 Å². The molecular weight excluding hydrogens is 234 g/mol. The lowest BCUT2D eigenvalue weighted by Gasteiger charge is -2.05. The molecule has 3 nitrogen and oxygen atoms in total. The van der Waals surface area contributed by atoms with Crippen molar-refractivity contribution in [3.05, 3.63) is 41.9 Å². The van der Waals surface area contributed by atoms with Gasteiger partial charge in [-0.3, -0.25) is 0 Å². The van der Waals surface area contributed by atoms with Crippen molar-refractivity contribution < 1.29 is 0 Å². The van der Waals surface area contributed by atoms with E-state index in [-0.39, 0.29) is 0 Å². The fourth-order valence-electron chi connectivity index (χ4n) is 2.18. The lowest BCUT2D eigenvalue weighted by Crippen LogP contribution is -2.16. The van der Waals surface area contributed by atoms with E-state index in [2.05, 4.69) is 53.4 Å². The number of nitrogens with one attached hydrogen (secondary N) is 2. The van der Waals surface area contributed by atoms with Crippen LogP contribution in [0, 0.1) is 0 Å². The van der Waals surface area contributed by atoms with Crippen LogP contribution in [-0.4, -0.2) is 16.0 Å². The van der Waals surface area contributed by atoms with Crippen molar-refractivity contribution in [1.82, 2.24) is 15.3 Å². The number of hydrogen-bond acceptors (Lipinski definition) is 2. The molecule has 3 rings (SSSR count). The Kier molecular flexibility index (Phi) is 3.38. The summed E-state index contributed by atoms with van der Waals surface area (Å²) in [6.07, 6.45) is 4.54. The molecule has 2 aromatic rings. The van der Waals surface area contributed by atoms with Crippen LogP contribution in [0.4, 0.5) is 0 Å². The van der Waals surface area contributed by atoms with Crippen LogP contribution in [0.1, 0.15) is 44.0 Å². The summed E-state index contributed by atoms with van der Waals surface area (Å²) in [4.78, 5) is 7.82. The molecule has 0 unspecified atom stereocenters. The number of aromatic nitrogens is 2. The fourth-order valence-corrected chi connectivity index (χ4v) is 2.18. The molecule has 0 spiro atoms. The number of imidazole rings is 1. The van der Waals surface area contributed by atoms with Gasteiger partial charge in [0.1, 0.15) is 5.82 Å². The maximum Gasteiger partial charge on any atom is 0.120 e. The zero-order valence-electron chi connectivity index (χ0n) is 11.6. The van der Waals surface area contributed by atoms with Gasteiger partial charge in [-0.05, 0) is 29.9 Å². The van der Waals surface area contributed by atoms with Gasteiger partial charge in [0.25, 0.3) is 0 Å². The first kappa shape index (κ1) is 12.4. The highest BCUT2D eigenvalue weighted by Crippen LogP contribution is 2.22. The van der Waals surface area contributed by atoms with E-state index in [0.29, 0.717) is 5.92 Å². The fraction of sp³-hybridized carbons (Fsp3) is 0.438. The van der Waals surface area contributed by atoms with Crippen molar-refractivity contribution in [3.63, 3.8) is 0 Å². The molecule has 1 aliphatic carbocycles. The molecule has 1 aromatic carbocycles. The van der Waals surface area contributed by atoms with E-state index in [1.807, 2.05) is 6.20 Å². The summed E-state index contributed by atoms with van der Waals surface area (Å²) in [5.41, 5.74) is 3.68. The van der Waals surface area contributed by atoms with Gasteiger partial charge in [0.05, 0.1) is 18.4 Å². The van der Waals surface area contributed by atoms with Gasteiger partial charge in [-0.2, -0.15) is 0 Å². The van der Waals surface area contributed by atoms with Crippen LogP contribution in [0.2, 0.25) is 0 Å². The third-order valence-electron chi connectivity index (χ3n) is 3.65. The van der Waals surface area contributed by atoms with E-state index in [1.165, 1.54) is 24.0 Å². The Morgan fingerprint density at radius 3 is 2.63 bits per heavy atom. The average molecular weight is 255 g/mol. The minimum atomic E-state index is 0.578. The number of nitrogens with zero attached hydrogens (tertiary/aromatic N) is 1. The lowest BCUT2D eigenvalue weighted by atomic mass is 10.0. The molecule has 2 N–H and O–H groups in total. The SMILES string of the molecule is CC(C)c1ccc(-c2cnc(CNC3CC3)[nH]2)cc1. The van der Waals surface area contributed by atoms with Crippen LogP contribution >= 0.6 is 0 Å². The molecule has 0 atom stereocenters. The van der Waals surface area contributed by atoms with Gasteiger partial charge in [-0.25, -0.2) is 4.98 Å². The molecule has 19 heavy (non-hydrogen) atoms. The molecule has 1 aliphatic rings. The monoisotopic (exact) mass is 255 g/mol. The number of aromatic amines is 1. The van der Waals surface area contributed by atoms with Gasteiger partial charge in [-0.1, -0.05) is 38.1 Å². The largest absolute Gasteiger partial charge is 0.341 e. The summed E-state index contributed by atoms with van der Waals surface area (Å²) in [5, 5.41) is 3.47. The van der Waals surface area contributed by atoms with Gasteiger partial charge in [0.2, 0.25) is 0 Å². The topological polar surface area (TPSA) is 40.7 Å². The molecule has 1 fully saturated rings. The highest BCUT2D eigenvalue weighted by atomic mass is 15.0. The van der Waals surface area contributed by atoms with Crippen molar-refractivity contribution in [1.29, 1.82) is 0 Å². The van der Waals surface area contributed by atoms with Gasteiger partial charge in [0.15, 0.2) is 0 Å². The maximum absolute atomic E-state index is 4.43. The van der Waals surface area contributed by atoms with Crippen molar-refractivity contribution in [2.75, 3.05) is 0 Å². The van der Waals surface area contributed by atoms with Crippen LogP contribution < -0.4 is 5.32 Å². The predicted octanol–water partition coefficient (Wildman–Crippen LogP) is 3.45. The van der Waals surface area contributed by atoms with Gasteiger partial charge >= 0.3 is 0 Å². The second-order valence-electron chi connectivity index (χ2n) is 5.68. The second-order valence-corrected chi connectivity index (χ2v) is 5.68. The van der Waals surface area contributed by atoms with E-state index in [1.54, 1.807) is 0 Å². The standard InChI is InChI=1S/C16H21N3/c1-11(2)12-3-5-13(6-4-12)15-9-18-16(19-15)10-17-14-7-8-14/h3-6,9,11,14,17H,7-8,10H2,1-2H3,(H,18,19). The number of H-pyrrole nitrogens is 1. The van der Waals surface area contributed by atoms with Crippen LogP contribution in [0.25, 0.3) is 11.3 Å². The molecule has 1 aromatic heterocycles. The number of rotatable bonds is 5. The first-order valence-electron chi connectivity index (χ1n) is 7.10. The van der Waals surface area contributed by atoms with Crippen LogP contribution in [-0.2, 0) is 6.54 Å². The molecular formula is C16H21N3. The molecule has 0 bridgehead atoms. The molecule has 0 radical (unpaired) electrons. The lowest BCUT2D eigenvalue weighted by molar-refractivity contribution is 0.664.